The second-order valence-electron chi connectivity index (χ2n) is 6.67. The van der Waals surface area contributed by atoms with Gasteiger partial charge in [-0.2, -0.15) is 11.8 Å². The molecule has 0 aromatic rings. The number of hydrogen-bond donors (Lipinski definition) is 1. The smallest absolute Gasteiger partial charge is 0.233 e. The predicted octanol–water partition coefficient (Wildman–Crippen LogP) is 0.775. The summed E-state index contributed by atoms with van der Waals surface area (Å²) >= 11 is 1.92. The number of halogens is 1. The van der Waals surface area contributed by atoms with Crippen LogP contribution in [-0.4, -0.2) is 65.3 Å². The molecule has 24 heavy (non-hydrogen) atoms. The normalized spacial score (nSPS) is 34.8. The Hall–Kier alpha value is -0.770. The number of nitrogens with zero attached hydrogens (tertiary/aromatic N) is 3. The average Bonchev–Trinajstić information content (AvgIpc) is 3.25. The minimum Gasteiger partial charge on any atom is -0.370 e. The number of carbonyl (C=O) groups is 2. The molecular weight excluding hydrogens is 439 g/mol. The van der Waals surface area contributed by atoms with E-state index in [1.165, 1.54) is 4.90 Å². The molecule has 0 aromatic heterocycles. The number of imide groups is 1. The maximum absolute atomic E-state index is 12.5. The van der Waals surface area contributed by atoms with Crippen molar-refractivity contribution in [1.82, 2.24) is 9.80 Å². The van der Waals surface area contributed by atoms with Crippen LogP contribution >= 0.6 is 35.7 Å². The summed E-state index contributed by atoms with van der Waals surface area (Å²) in [6.45, 7) is 2.59. The van der Waals surface area contributed by atoms with Crippen LogP contribution in [0.15, 0.2) is 17.1 Å². The van der Waals surface area contributed by atoms with Gasteiger partial charge in [0.2, 0.25) is 11.8 Å². The van der Waals surface area contributed by atoms with Gasteiger partial charge in [-0.25, -0.2) is 0 Å². The summed E-state index contributed by atoms with van der Waals surface area (Å²) in [6, 6.07) is 0. The first-order valence-corrected chi connectivity index (χ1v) is 9.48. The van der Waals surface area contributed by atoms with Gasteiger partial charge in [-0.05, 0) is 18.3 Å². The Bertz CT molecular complexity index is 561. The molecule has 2 aliphatic heterocycles. The molecule has 0 spiro atoms. The fourth-order valence-corrected chi connectivity index (χ4v) is 5.24. The second kappa shape index (κ2) is 7.23. The van der Waals surface area contributed by atoms with Gasteiger partial charge in [0.1, 0.15) is 0 Å². The molecule has 4 rings (SSSR count). The van der Waals surface area contributed by atoms with E-state index in [4.69, 9.17) is 5.73 Å². The Kier molecular flexibility index (Phi) is 5.43. The van der Waals surface area contributed by atoms with E-state index in [0.717, 1.165) is 31.0 Å². The largest absolute Gasteiger partial charge is 0.370 e. The zero-order chi connectivity index (χ0) is 16.0. The summed E-state index contributed by atoms with van der Waals surface area (Å²) < 4.78 is 0. The van der Waals surface area contributed by atoms with Crippen LogP contribution in [0.1, 0.15) is 6.42 Å². The molecule has 2 bridgehead atoms. The lowest BCUT2D eigenvalue weighted by Crippen LogP contribution is -2.43. The highest BCUT2D eigenvalue weighted by Crippen LogP contribution is 2.52. The quantitative estimate of drug-likeness (QED) is 0.221. The average molecular weight is 462 g/mol. The van der Waals surface area contributed by atoms with Crippen molar-refractivity contribution in [2.24, 2.45) is 34.4 Å². The van der Waals surface area contributed by atoms with E-state index in [1.54, 1.807) is 0 Å². The first-order chi connectivity index (χ1) is 11.2. The van der Waals surface area contributed by atoms with Gasteiger partial charge in [0, 0.05) is 31.1 Å². The summed E-state index contributed by atoms with van der Waals surface area (Å²) in [6.07, 6.45) is 5.20. The SMILES string of the molecule is I.NC(=NCCN1C(=O)C2C3C=CC(C3)C2C1=O)N1CCSCC1. The second-order valence-corrected chi connectivity index (χ2v) is 7.89. The number of allylic oxidation sites excluding steroid dienone is 2. The first kappa shape index (κ1) is 18.0. The number of nitrogens with two attached hydrogens (primary N) is 1. The van der Waals surface area contributed by atoms with Crippen molar-refractivity contribution in [2.45, 2.75) is 6.42 Å². The van der Waals surface area contributed by atoms with Gasteiger partial charge in [0.25, 0.3) is 0 Å². The van der Waals surface area contributed by atoms with E-state index in [2.05, 4.69) is 22.0 Å². The molecule has 2 N–H and O–H groups in total. The number of aliphatic imine (C=N–C) groups is 1. The third kappa shape index (κ3) is 2.95. The zero-order valence-electron chi connectivity index (χ0n) is 13.5. The molecule has 2 saturated heterocycles. The van der Waals surface area contributed by atoms with Gasteiger partial charge in [-0.3, -0.25) is 19.5 Å². The zero-order valence-corrected chi connectivity index (χ0v) is 16.6. The minimum absolute atomic E-state index is 0. The summed E-state index contributed by atoms with van der Waals surface area (Å²) in [5.74, 6) is 2.98. The fraction of sp³-hybridized carbons (Fsp3) is 0.688. The van der Waals surface area contributed by atoms with Gasteiger partial charge < -0.3 is 10.6 Å². The van der Waals surface area contributed by atoms with Crippen molar-refractivity contribution in [3.05, 3.63) is 12.2 Å². The molecule has 0 radical (unpaired) electrons. The Balaban J connectivity index is 0.00000169. The molecule has 6 nitrogen and oxygen atoms in total. The number of fused-ring (bicyclic) bond motifs is 5. The number of likely N-dealkylation sites (tertiary alicyclic amines) is 1. The van der Waals surface area contributed by atoms with Crippen LogP contribution in [0.3, 0.4) is 0 Å². The van der Waals surface area contributed by atoms with E-state index in [0.29, 0.717) is 19.0 Å². The minimum atomic E-state index is -0.113. The Morgan fingerprint density at radius 3 is 2.33 bits per heavy atom. The maximum Gasteiger partial charge on any atom is 0.233 e. The molecule has 4 unspecified atom stereocenters. The molecule has 1 saturated carbocycles. The van der Waals surface area contributed by atoms with Crippen LogP contribution in [0.5, 0.6) is 0 Å². The van der Waals surface area contributed by atoms with Crippen LogP contribution in [0.4, 0.5) is 0 Å². The molecule has 2 heterocycles. The van der Waals surface area contributed by atoms with Gasteiger partial charge >= 0.3 is 0 Å². The van der Waals surface area contributed by atoms with E-state index in [9.17, 15) is 9.59 Å². The highest BCUT2D eigenvalue weighted by Gasteiger charge is 2.58. The van der Waals surface area contributed by atoms with E-state index >= 15 is 0 Å². The number of rotatable bonds is 3. The van der Waals surface area contributed by atoms with Crippen molar-refractivity contribution >= 4 is 53.5 Å². The lowest BCUT2D eigenvalue weighted by Gasteiger charge is -2.27. The molecule has 2 amide bonds. The third-order valence-corrected chi connectivity index (χ3v) is 6.44. The Morgan fingerprint density at radius 2 is 1.75 bits per heavy atom. The van der Waals surface area contributed by atoms with Crippen molar-refractivity contribution in [3.63, 3.8) is 0 Å². The van der Waals surface area contributed by atoms with Gasteiger partial charge in [-0.1, -0.05) is 12.2 Å². The Labute approximate surface area is 163 Å². The van der Waals surface area contributed by atoms with Crippen molar-refractivity contribution < 1.29 is 9.59 Å². The van der Waals surface area contributed by atoms with Crippen LogP contribution in [0.2, 0.25) is 0 Å². The lowest BCUT2D eigenvalue weighted by atomic mass is 9.85. The number of amides is 2. The summed E-state index contributed by atoms with van der Waals surface area (Å²) in [5, 5.41) is 0. The highest BCUT2D eigenvalue weighted by atomic mass is 127. The van der Waals surface area contributed by atoms with Crippen molar-refractivity contribution in [3.8, 4) is 0 Å². The third-order valence-electron chi connectivity index (χ3n) is 5.49. The molecule has 0 aromatic carbocycles. The van der Waals surface area contributed by atoms with Crippen LogP contribution < -0.4 is 5.73 Å². The lowest BCUT2D eigenvalue weighted by molar-refractivity contribution is -0.140. The van der Waals surface area contributed by atoms with Gasteiger partial charge in [0.05, 0.1) is 18.4 Å². The molecular formula is C16H23IN4O2S. The van der Waals surface area contributed by atoms with Crippen LogP contribution in [-0.2, 0) is 9.59 Å². The number of guanidine groups is 1. The topological polar surface area (TPSA) is 79.0 Å². The number of hydrogen-bond acceptors (Lipinski definition) is 4. The first-order valence-electron chi connectivity index (χ1n) is 8.33. The standard InChI is InChI=1S/C16H22N4O2S.HI/c17-16(19-5-7-23-8-6-19)18-3-4-20-14(21)12-10-1-2-11(9-10)13(12)15(20)22;/h1-2,10-13H,3-9H2,(H2,17,18);1H. The fourth-order valence-electron chi connectivity index (χ4n) is 4.34. The Morgan fingerprint density at radius 1 is 1.17 bits per heavy atom. The maximum atomic E-state index is 12.5. The predicted molar refractivity (Wildman–Crippen MR) is 105 cm³/mol. The monoisotopic (exact) mass is 462 g/mol. The summed E-state index contributed by atoms with van der Waals surface area (Å²) in [7, 11) is 0. The van der Waals surface area contributed by atoms with E-state index < -0.39 is 0 Å². The highest BCUT2D eigenvalue weighted by molar-refractivity contribution is 14.0. The summed E-state index contributed by atoms with van der Waals surface area (Å²) in [4.78, 5) is 33.0. The number of carbonyl (C=O) groups excluding carboxylic acids is 2. The molecule has 4 aliphatic rings. The molecule has 3 fully saturated rings. The van der Waals surface area contributed by atoms with Crippen molar-refractivity contribution in [1.29, 1.82) is 0 Å². The number of thioether (sulfide) groups is 1. The van der Waals surface area contributed by atoms with E-state index in [-0.39, 0.29) is 59.5 Å². The molecule has 4 atom stereocenters. The van der Waals surface area contributed by atoms with E-state index in [1.807, 2.05) is 11.8 Å². The van der Waals surface area contributed by atoms with Crippen LogP contribution in [0.25, 0.3) is 0 Å². The van der Waals surface area contributed by atoms with Gasteiger partial charge in [-0.15, -0.1) is 24.0 Å². The molecule has 8 heteroatoms. The van der Waals surface area contributed by atoms with Crippen LogP contribution in [0, 0.1) is 23.7 Å². The summed E-state index contributed by atoms with van der Waals surface area (Å²) in [5.41, 5.74) is 6.02. The van der Waals surface area contributed by atoms with Crippen molar-refractivity contribution in [2.75, 3.05) is 37.7 Å². The molecule has 132 valence electrons. The molecule has 2 aliphatic carbocycles. The van der Waals surface area contributed by atoms with Gasteiger partial charge in [0.15, 0.2) is 5.96 Å².